The Morgan fingerprint density at radius 3 is 2.08 bits per heavy atom. The van der Waals surface area contributed by atoms with Gasteiger partial charge in [0.2, 0.25) is 0 Å². The van der Waals surface area contributed by atoms with Gasteiger partial charge in [-0.15, -0.1) is 0 Å². The first-order valence-corrected chi connectivity index (χ1v) is 5.29. The SMILES string of the molecule is C=C(C)c1c(Br)cc(Cl)cc1Br. The van der Waals surface area contributed by atoms with E-state index >= 15 is 0 Å². The van der Waals surface area contributed by atoms with Crippen LogP contribution in [0.4, 0.5) is 0 Å². The van der Waals surface area contributed by atoms with E-state index in [0.29, 0.717) is 5.02 Å². The average Bonchev–Trinajstić information content (AvgIpc) is 1.82. The lowest BCUT2D eigenvalue weighted by molar-refractivity contribution is 1.49. The molecular weight excluding hydrogens is 303 g/mol. The van der Waals surface area contributed by atoms with Gasteiger partial charge in [0.15, 0.2) is 0 Å². The average molecular weight is 310 g/mol. The Kier molecular flexibility index (Phi) is 3.38. The van der Waals surface area contributed by atoms with Gasteiger partial charge in [-0.05, 0) is 24.6 Å². The van der Waals surface area contributed by atoms with Gasteiger partial charge in [0.25, 0.3) is 0 Å². The minimum absolute atomic E-state index is 0.707. The third-order valence-corrected chi connectivity index (χ3v) is 2.90. The van der Waals surface area contributed by atoms with Gasteiger partial charge >= 0.3 is 0 Å². The molecule has 0 nitrogen and oxygen atoms in total. The molecule has 0 unspecified atom stereocenters. The third kappa shape index (κ3) is 2.12. The second-order valence-electron chi connectivity index (χ2n) is 2.52. The number of hydrogen-bond acceptors (Lipinski definition) is 0. The van der Waals surface area contributed by atoms with Crippen LogP contribution in [0.25, 0.3) is 5.57 Å². The summed E-state index contributed by atoms with van der Waals surface area (Å²) < 4.78 is 1.93. The van der Waals surface area contributed by atoms with Crippen molar-refractivity contribution in [2.24, 2.45) is 0 Å². The maximum Gasteiger partial charge on any atom is 0.0428 e. The van der Waals surface area contributed by atoms with Crippen LogP contribution in [0.1, 0.15) is 12.5 Å². The van der Waals surface area contributed by atoms with E-state index < -0.39 is 0 Å². The lowest BCUT2D eigenvalue weighted by Crippen LogP contribution is -1.83. The predicted octanol–water partition coefficient (Wildman–Crippen LogP) is 4.90. The van der Waals surface area contributed by atoms with Crippen LogP contribution in [0.2, 0.25) is 5.02 Å². The summed E-state index contributed by atoms with van der Waals surface area (Å²) in [6.07, 6.45) is 0. The molecule has 0 saturated carbocycles. The van der Waals surface area contributed by atoms with Gasteiger partial charge in [-0.3, -0.25) is 0 Å². The molecule has 0 aliphatic carbocycles. The van der Waals surface area contributed by atoms with E-state index in [2.05, 4.69) is 38.4 Å². The molecule has 0 saturated heterocycles. The van der Waals surface area contributed by atoms with Crippen molar-refractivity contribution in [1.82, 2.24) is 0 Å². The lowest BCUT2D eigenvalue weighted by atomic mass is 10.1. The third-order valence-electron chi connectivity index (χ3n) is 1.43. The summed E-state index contributed by atoms with van der Waals surface area (Å²) in [5.74, 6) is 0. The van der Waals surface area contributed by atoms with Crippen molar-refractivity contribution in [3.8, 4) is 0 Å². The molecule has 0 spiro atoms. The topological polar surface area (TPSA) is 0 Å². The molecule has 0 aromatic heterocycles. The van der Waals surface area contributed by atoms with Crippen molar-refractivity contribution in [2.75, 3.05) is 0 Å². The van der Waals surface area contributed by atoms with Crippen molar-refractivity contribution >= 4 is 49.0 Å². The summed E-state index contributed by atoms with van der Waals surface area (Å²) in [5, 5.41) is 0.707. The van der Waals surface area contributed by atoms with Crippen LogP contribution in [0, 0.1) is 0 Å². The molecule has 0 amide bonds. The zero-order valence-corrected chi connectivity index (χ0v) is 10.4. The molecule has 0 N–H and O–H groups in total. The Bertz CT molecular complexity index is 308. The molecule has 0 bridgehead atoms. The summed E-state index contributed by atoms with van der Waals surface area (Å²) >= 11 is 12.7. The molecule has 1 rings (SSSR count). The zero-order chi connectivity index (χ0) is 9.30. The van der Waals surface area contributed by atoms with E-state index in [9.17, 15) is 0 Å². The fourth-order valence-corrected chi connectivity index (χ4v) is 3.30. The Balaban J connectivity index is 3.38. The van der Waals surface area contributed by atoms with Crippen LogP contribution >= 0.6 is 43.5 Å². The minimum atomic E-state index is 0.707. The highest BCUT2D eigenvalue weighted by Crippen LogP contribution is 2.33. The summed E-state index contributed by atoms with van der Waals surface area (Å²) in [4.78, 5) is 0. The van der Waals surface area contributed by atoms with Crippen LogP contribution < -0.4 is 0 Å². The van der Waals surface area contributed by atoms with Gasteiger partial charge in [0.05, 0.1) is 0 Å². The van der Waals surface area contributed by atoms with Gasteiger partial charge in [0, 0.05) is 19.5 Å². The summed E-state index contributed by atoms with van der Waals surface area (Å²) in [6.45, 7) is 5.83. The normalized spacial score (nSPS) is 10.0. The molecule has 0 heterocycles. The monoisotopic (exact) mass is 308 g/mol. The van der Waals surface area contributed by atoms with Crippen LogP contribution in [0.15, 0.2) is 27.7 Å². The van der Waals surface area contributed by atoms with E-state index in [0.717, 1.165) is 20.1 Å². The zero-order valence-electron chi connectivity index (χ0n) is 6.50. The minimum Gasteiger partial charge on any atom is -0.0954 e. The van der Waals surface area contributed by atoms with Crippen molar-refractivity contribution in [1.29, 1.82) is 0 Å². The molecule has 64 valence electrons. The van der Waals surface area contributed by atoms with Crippen molar-refractivity contribution in [3.05, 3.63) is 38.2 Å². The molecule has 1 aromatic rings. The quantitative estimate of drug-likeness (QED) is 0.692. The van der Waals surface area contributed by atoms with Crippen LogP contribution in [0.3, 0.4) is 0 Å². The Morgan fingerprint density at radius 2 is 1.75 bits per heavy atom. The molecule has 0 radical (unpaired) electrons. The largest absolute Gasteiger partial charge is 0.0954 e. The van der Waals surface area contributed by atoms with Crippen LogP contribution in [-0.2, 0) is 0 Å². The Morgan fingerprint density at radius 1 is 1.33 bits per heavy atom. The lowest BCUT2D eigenvalue weighted by Gasteiger charge is -2.06. The fraction of sp³-hybridized carbons (Fsp3) is 0.111. The maximum absolute atomic E-state index is 5.84. The molecular formula is C9H7Br2Cl. The molecule has 1 aromatic carbocycles. The van der Waals surface area contributed by atoms with Crippen LogP contribution in [-0.4, -0.2) is 0 Å². The molecule has 12 heavy (non-hydrogen) atoms. The smallest absolute Gasteiger partial charge is 0.0428 e. The molecule has 0 fully saturated rings. The number of hydrogen-bond donors (Lipinski definition) is 0. The summed E-state index contributed by atoms with van der Waals surface area (Å²) in [5.41, 5.74) is 2.07. The van der Waals surface area contributed by atoms with Gasteiger partial charge in [-0.25, -0.2) is 0 Å². The molecule has 0 atom stereocenters. The fourth-order valence-electron chi connectivity index (χ4n) is 0.950. The highest BCUT2D eigenvalue weighted by molar-refractivity contribution is 9.11. The second-order valence-corrected chi connectivity index (χ2v) is 4.67. The van der Waals surface area contributed by atoms with Crippen molar-refractivity contribution in [2.45, 2.75) is 6.92 Å². The van der Waals surface area contributed by atoms with Gasteiger partial charge in [-0.2, -0.15) is 0 Å². The Hall–Kier alpha value is 0.210. The van der Waals surface area contributed by atoms with E-state index in [1.165, 1.54) is 0 Å². The van der Waals surface area contributed by atoms with Crippen molar-refractivity contribution in [3.63, 3.8) is 0 Å². The Labute approximate surface area is 93.9 Å². The molecule has 0 aliphatic rings. The number of rotatable bonds is 1. The summed E-state index contributed by atoms with van der Waals surface area (Å²) in [6, 6.07) is 3.71. The first-order valence-electron chi connectivity index (χ1n) is 3.33. The number of halogens is 3. The van der Waals surface area contributed by atoms with E-state index in [-0.39, 0.29) is 0 Å². The first-order chi connectivity index (χ1) is 5.52. The van der Waals surface area contributed by atoms with E-state index in [4.69, 9.17) is 11.6 Å². The second kappa shape index (κ2) is 3.95. The maximum atomic E-state index is 5.84. The summed E-state index contributed by atoms with van der Waals surface area (Å²) in [7, 11) is 0. The first kappa shape index (κ1) is 10.3. The van der Waals surface area contributed by atoms with Crippen molar-refractivity contribution < 1.29 is 0 Å². The van der Waals surface area contributed by atoms with Gasteiger partial charge < -0.3 is 0 Å². The molecule has 3 heteroatoms. The van der Waals surface area contributed by atoms with E-state index in [1.807, 2.05) is 19.1 Å². The standard InChI is InChI=1S/C9H7Br2Cl/c1-5(2)9-7(10)3-6(12)4-8(9)11/h3-4H,1H2,2H3. The number of benzene rings is 1. The number of allylic oxidation sites excluding steroid dienone is 1. The van der Waals surface area contributed by atoms with Gasteiger partial charge in [0.1, 0.15) is 0 Å². The van der Waals surface area contributed by atoms with Crippen LogP contribution in [0.5, 0.6) is 0 Å². The van der Waals surface area contributed by atoms with Gasteiger partial charge in [-0.1, -0.05) is 50.0 Å². The van der Waals surface area contributed by atoms with E-state index in [1.54, 1.807) is 0 Å². The predicted molar refractivity (Wildman–Crippen MR) is 61.6 cm³/mol. The molecule has 0 aliphatic heterocycles. The highest BCUT2D eigenvalue weighted by Gasteiger charge is 2.06. The highest BCUT2D eigenvalue weighted by atomic mass is 79.9.